The second-order valence-electron chi connectivity index (χ2n) is 4.01. The van der Waals surface area contributed by atoms with Gasteiger partial charge in [-0.25, -0.2) is 4.79 Å². The summed E-state index contributed by atoms with van der Waals surface area (Å²) in [7, 11) is 0. The van der Waals surface area contributed by atoms with Crippen LogP contribution in [0.15, 0.2) is 0 Å². The Kier molecular flexibility index (Phi) is 3.24. The SMILES string of the molecule is CCc1[nH]nc(C2CCOCC2)c1C(=O)O. The van der Waals surface area contributed by atoms with Crippen molar-refractivity contribution in [2.24, 2.45) is 0 Å². The Morgan fingerprint density at radius 2 is 2.25 bits per heavy atom. The first-order valence-electron chi connectivity index (χ1n) is 5.62. The quantitative estimate of drug-likeness (QED) is 0.817. The number of carboxylic acid groups (broad SMARTS) is 1. The molecule has 1 fully saturated rings. The lowest BCUT2D eigenvalue weighted by atomic mass is 9.93. The van der Waals surface area contributed by atoms with E-state index in [1.807, 2.05) is 6.92 Å². The van der Waals surface area contributed by atoms with Gasteiger partial charge in [0.25, 0.3) is 0 Å². The van der Waals surface area contributed by atoms with Gasteiger partial charge in [0.1, 0.15) is 5.56 Å². The molecule has 1 saturated heterocycles. The topological polar surface area (TPSA) is 75.2 Å². The fourth-order valence-electron chi connectivity index (χ4n) is 2.16. The Hall–Kier alpha value is -1.36. The zero-order valence-corrected chi connectivity index (χ0v) is 9.32. The first-order valence-corrected chi connectivity index (χ1v) is 5.62. The standard InChI is InChI=1S/C11H16N2O3/c1-2-8-9(11(14)15)10(13-12-8)7-3-5-16-6-4-7/h7H,2-6H2,1H3,(H,12,13)(H,14,15). The number of rotatable bonds is 3. The zero-order chi connectivity index (χ0) is 11.5. The normalized spacial score (nSPS) is 17.6. The fraction of sp³-hybridized carbons (Fsp3) is 0.636. The minimum atomic E-state index is -0.882. The van der Waals surface area contributed by atoms with Crippen molar-refractivity contribution in [3.63, 3.8) is 0 Å². The molecule has 5 heteroatoms. The number of aromatic nitrogens is 2. The number of aryl methyl sites for hydroxylation is 1. The van der Waals surface area contributed by atoms with Crippen LogP contribution in [0, 0.1) is 0 Å². The first-order chi connectivity index (χ1) is 7.74. The van der Waals surface area contributed by atoms with Gasteiger partial charge in [0.05, 0.1) is 5.69 Å². The molecule has 0 atom stereocenters. The van der Waals surface area contributed by atoms with Crippen LogP contribution in [0.3, 0.4) is 0 Å². The van der Waals surface area contributed by atoms with Gasteiger partial charge in [-0.15, -0.1) is 0 Å². The summed E-state index contributed by atoms with van der Waals surface area (Å²) in [6.07, 6.45) is 2.38. The molecule has 1 aliphatic rings. The number of nitrogens with one attached hydrogen (secondary N) is 1. The van der Waals surface area contributed by atoms with Crippen molar-refractivity contribution in [2.75, 3.05) is 13.2 Å². The molecular formula is C11H16N2O3. The number of hydrogen-bond donors (Lipinski definition) is 2. The lowest BCUT2D eigenvalue weighted by Gasteiger charge is -2.20. The molecule has 0 amide bonds. The lowest BCUT2D eigenvalue weighted by Crippen LogP contribution is -2.17. The summed E-state index contributed by atoms with van der Waals surface area (Å²) in [6, 6.07) is 0. The number of ether oxygens (including phenoxy) is 1. The molecule has 2 rings (SSSR count). The Morgan fingerprint density at radius 3 is 2.81 bits per heavy atom. The van der Waals surface area contributed by atoms with Crippen molar-refractivity contribution < 1.29 is 14.6 Å². The van der Waals surface area contributed by atoms with Gasteiger partial charge in [0, 0.05) is 24.8 Å². The Balaban J connectivity index is 2.32. The van der Waals surface area contributed by atoms with Crippen molar-refractivity contribution in [1.82, 2.24) is 10.2 Å². The van der Waals surface area contributed by atoms with E-state index < -0.39 is 5.97 Å². The molecule has 0 bridgehead atoms. The van der Waals surface area contributed by atoms with Gasteiger partial charge in [0.15, 0.2) is 0 Å². The molecule has 2 N–H and O–H groups in total. The van der Waals surface area contributed by atoms with Crippen LogP contribution in [0.1, 0.15) is 47.4 Å². The van der Waals surface area contributed by atoms with Crippen molar-refractivity contribution >= 4 is 5.97 Å². The molecule has 0 spiro atoms. The Labute approximate surface area is 93.8 Å². The smallest absolute Gasteiger partial charge is 0.339 e. The molecule has 5 nitrogen and oxygen atoms in total. The third kappa shape index (κ3) is 1.95. The van der Waals surface area contributed by atoms with E-state index in [9.17, 15) is 9.90 Å². The van der Waals surface area contributed by atoms with Crippen molar-refractivity contribution in [3.8, 4) is 0 Å². The van der Waals surface area contributed by atoms with Crippen molar-refractivity contribution in [2.45, 2.75) is 32.1 Å². The second kappa shape index (κ2) is 4.65. The fourth-order valence-corrected chi connectivity index (χ4v) is 2.16. The van der Waals surface area contributed by atoms with Crippen LogP contribution in [0.4, 0.5) is 0 Å². The van der Waals surface area contributed by atoms with E-state index in [1.54, 1.807) is 0 Å². The maximum absolute atomic E-state index is 11.2. The summed E-state index contributed by atoms with van der Waals surface area (Å²) in [4.78, 5) is 11.2. The Morgan fingerprint density at radius 1 is 1.56 bits per heavy atom. The zero-order valence-electron chi connectivity index (χ0n) is 9.32. The minimum absolute atomic E-state index is 0.219. The highest BCUT2D eigenvalue weighted by Crippen LogP contribution is 2.29. The average molecular weight is 224 g/mol. The Bertz CT molecular complexity index is 381. The van der Waals surface area contributed by atoms with E-state index in [4.69, 9.17) is 4.74 Å². The van der Waals surface area contributed by atoms with Crippen LogP contribution in [0.5, 0.6) is 0 Å². The van der Waals surface area contributed by atoms with E-state index in [2.05, 4.69) is 10.2 Å². The van der Waals surface area contributed by atoms with Gasteiger partial charge in [-0.05, 0) is 19.3 Å². The monoisotopic (exact) mass is 224 g/mol. The van der Waals surface area contributed by atoms with E-state index >= 15 is 0 Å². The molecule has 16 heavy (non-hydrogen) atoms. The molecule has 0 radical (unpaired) electrons. The second-order valence-corrected chi connectivity index (χ2v) is 4.01. The van der Waals surface area contributed by atoms with Crippen LogP contribution in [-0.2, 0) is 11.2 Å². The minimum Gasteiger partial charge on any atom is -0.478 e. The molecule has 0 unspecified atom stereocenters. The number of H-pyrrole nitrogens is 1. The summed E-state index contributed by atoms with van der Waals surface area (Å²) < 4.78 is 5.27. The van der Waals surface area contributed by atoms with Crippen LogP contribution in [0.2, 0.25) is 0 Å². The van der Waals surface area contributed by atoms with Gasteiger partial charge < -0.3 is 9.84 Å². The lowest BCUT2D eigenvalue weighted by molar-refractivity contribution is 0.0683. The van der Waals surface area contributed by atoms with Gasteiger partial charge in [-0.1, -0.05) is 6.92 Å². The third-order valence-corrected chi connectivity index (χ3v) is 3.04. The van der Waals surface area contributed by atoms with Gasteiger partial charge >= 0.3 is 5.97 Å². The maximum atomic E-state index is 11.2. The van der Waals surface area contributed by atoms with Crippen LogP contribution < -0.4 is 0 Å². The molecule has 1 aromatic rings. The molecule has 1 aliphatic heterocycles. The third-order valence-electron chi connectivity index (χ3n) is 3.04. The number of aromatic amines is 1. The van der Waals surface area contributed by atoms with E-state index in [0.29, 0.717) is 36.6 Å². The van der Waals surface area contributed by atoms with E-state index in [-0.39, 0.29) is 5.92 Å². The van der Waals surface area contributed by atoms with Crippen LogP contribution in [0.25, 0.3) is 0 Å². The highest BCUT2D eigenvalue weighted by atomic mass is 16.5. The molecule has 0 saturated carbocycles. The van der Waals surface area contributed by atoms with Gasteiger partial charge in [0.2, 0.25) is 0 Å². The number of carbonyl (C=O) groups is 1. The van der Waals surface area contributed by atoms with Crippen LogP contribution >= 0.6 is 0 Å². The summed E-state index contributed by atoms with van der Waals surface area (Å²) >= 11 is 0. The molecule has 0 aliphatic carbocycles. The predicted molar refractivity (Wildman–Crippen MR) is 57.7 cm³/mol. The first kappa shape index (κ1) is 11.1. The molecule has 1 aromatic heterocycles. The molecule has 2 heterocycles. The predicted octanol–water partition coefficient (Wildman–Crippen LogP) is 1.56. The largest absolute Gasteiger partial charge is 0.478 e. The number of carboxylic acids is 1. The number of hydrogen-bond acceptors (Lipinski definition) is 3. The van der Waals surface area contributed by atoms with Crippen LogP contribution in [-0.4, -0.2) is 34.5 Å². The molecule has 88 valence electrons. The summed E-state index contributed by atoms with van der Waals surface area (Å²) in [5.74, 6) is -0.663. The summed E-state index contributed by atoms with van der Waals surface area (Å²) in [5, 5.41) is 16.2. The van der Waals surface area contributed by atoms with E-state index in [0.717, 1.165) is 12.8 Å². The summed E-state index contributed by atoms with van der Waals surface area (Å²) in [6.45, 7) is 3.31. The maximum Gasteiger partial charge on any atom is 0.339 e. The van der Waals surface area contributed by atoms with Gasteiger partial charge in [-0.3, -0.25) is 5.10 Å². The average Bonchev–Trinajstić information content (AvgIpc) is 2.73. The van der Waals surface area contributed by atoms with Crippen molar-refractivity contribution in [1.29, 1.82) is 0 Å². The highest BCUT2D eigenvalue weighted by Gasteiger charge is 2.26. The van der Waals surface area contributed by atoms with E-state index in [1.165, 1.54) is 0 Å². The highest BCUT2D eigenvalue weighted by molar-refractivity contribution is 5.90. The molecule has 0 aromatic carbocycles. The number of aromatic carboxylic acids is 1. The van der Waals surface area contributed by atoms with Crippen molar-refractivity contribution in [3.05, 3.63) is 17.0 Å². The van der Waals surface area contributed by atoms with Gasteiger partial charge in [-0.2, -0.15) is 5.10 Å². The number of nitrogens with zero attached hydrogens (tertiary/aromatic N) is 1. The molecular weight excluding hydrogens is 208 g/mol. The summed E-state index contributed by atoms with van der Waals surface area (Å²) in [5.41, 5.74) is 1.79.